The van der Waals surface area contributed by atoms with Crippen LogP contribution in [0.3, 0.4) is 0 Å². The zero-order valence-corrected chi connectivity index (χ0v) is 10.8. The van der Waals surface area contributed by atoms with Crippen LogP contribution in [0.25, 0.3) is 0 Å². The highest BCUT2D eigenvalue weighted by molar-refractivity contribution is 6.33. The van der Waals surface area contributed by atoms with Gasteiger partial charge in [-0.2, -0.15) is 0 Å². The second-order valence-electron chi connectivity index (χ2n) is 4.21. The topological polar surface area (TPSA) is 24.9 Å². The van der Waals surface area contributed by atoms with Crippen molar-refractivity contribution < 1.29 is 0 Å². The molecule has 1 aromatic carbocycles. The summed E-state index contributed by atoms with van der Waals surface area (Å²) >= 11 is 6.12. The smallest absolute Gasteiger partial charge is 0.0637 e. The first kappa shape index (κ1) is 11.9. The first-order chi connectivity index (χ1) is 8.15. The fourth-order valence-electron chi connectivity index (χ4n) is 1.69. The van der Waals surface area contributed by atoms with E-state index in [0.29, 0.717) is 0 Å². The van der Waals surface area contributed by atoms with Gasteiger partial charge in [0.15, 0.2) is 0 Å². The van der Waals surface area contributed by atoms with Gasteiger partial charge in [0.25, 0.3) is 0 Å². The molecular formula is C14H15ClN2. The van der Waals surface area contributed by atoms with Crippen molar-refractivity contribution in [2.24, 2.45) is 0 Å². The molecule has 1 heterocycles. The van der Waals surface area contributed by atoms with Crippen molar-refractivity contribution in [1.82, 2.24) is 4.98 Å². The molecule has 0 bridgehead atoms. The molecule has 2 rings (SSSR count). The number of aryl methyl sites for hydroxylation is 2. The molecule has 0 saturated heterocycles. The molecule has 0 aliphatic heterocycles. The number of pyridine rings is 1. The number of nitrogens with zero attached hydrogens (tertiary/aromatic N) is 1. The van der Waals surface area contributed by atoms with Gasteiger partial charge in [-0.15, -0.1) is 0 Å². The minimum absolute atomic E-state index is 0.734. The molecule has 0 aliphatic rings. The molecular weight excluding hydrogens is 232 g/mol. The van der Waals surface area contributed by atoms with E-state index in [0.717, 1.165) is 22.8 Å². The molecule has 0 atom stereocenters. The minimum atomic E-state index is 0.734. The first-order valence-corrected chi connectivity index (χ1v) is 5.93. The van der Waals surface area contributed by atoms with Crippen LogP contribution < -0.4 is 5.32 Å². The van der Waals surface area contributed by atoms with Gasteiger partial charge in [0.2, 0.25) is 0 Å². The fourth-order valence-corrected chi connectivity index (χ4v) is 1.87. The zero-order chi connectivity index (χ0) is 12.3. The number of hydrogen-bond donors (Lipinski definition) is 1. The molecule has 1 aromatic heterocycles. The number of aromatic nitrogens is 1. The van der Waals surface area contributed by atoms with E-state index < -0.39 is 0 Å². The lowest BCUT2D eigenvalue weighted by Crippen LogP contribution is -2.01. The van der Waals surface area contributed by atoms with Crippen LogP contribution in [0, 0.1) is 13.8 Å². The van der Waals surface area contributed by atoms with E-state index in [4.69, 9.17) is 11.6 Å². The molecule has 88 valence electrons. The van der Waals surface area contributed by atoms with Gasteiger partial charge in [0.1, 0.15) is 0 Å². The maximum atomic E-state index is 6.12. The predicted octanol–water partition coefficient (Wildman–Crippen LogP) is 3.96. The van der Waals surface area contributed by atoms with Gasteiger partial charge in [-0.25, -0.2) is 0 Å². The Morgan fingerprint density at radius 2 is 1.94 bits per heavy atom. The number of anilines is 1. The molecule has 0 radical (unpaired) electrons. The number of rotatable bonds is 3. The molecule has 0 fully saturated rings. The highest BCUT2D eigenvalue weighted by atomic mass is 35.5. The summed E-state index contributed by atoms with van der Waals surface area (Å²) in [6.45, 7) is 4.82. The van der Waals surface area contributed by atoms with Crippen molar-refractivity contribution in [1.29, 1.82) is 0 Å². The summed E-state index contributed by atoms with van der Waals surface area (Å²) in [7, 11) is 0. The van der Waals surface area contributed by atoms with Gasteiger partial charge in [-0.1, -0.05) is 23.7 Å². The van der Waals surface area contributed by atoms with Crippen molar-refractivity contribution in [2.45, 2.75) is 20.4 Å². The lowest BCUT2D eigenvalue weighted by Gasteiger charge is -2.09. The summed E-state index contributed by atoms with van der Waals surface area (Å²) in [6.07, 6.45) is 3.72. The molecule has 0 unspecified atom stereocenters. The first-order valence-electron chi connectivity index (χ1n) is 5.56. The van der Waals surface area contributed by atoms with Crippen LogP contribution in [-0.4, -0.2) is 4.98 Å². The van der Waals surface area contributed by atoms with E-state index in [-0.39, 0.29) is 0 Å². The van der Waals surface area contributed by atoms with Crippen LogP contribution in [0.2, 0.25) is 5.02 Å². The van der Waals surface area contributed by atoms with E-state index in [1.807, 2.05) is 37.5 Å². The third-order valence-electron chi connectivity index (χ3n) is 2.54. The third kappa shape index (κ3) is 3.21. The Bertz CT molecular complexity index is 523. The van der Waals surface area contributed by atoms with Gasteiger partial charge in [0.05, 0.1) is 10.7 Å². The largest absolute Gasteiger partial charge is 0.380 e. The summed E-state index contributed by atoms with van der Waals surface area (Å²) in [5.74, 6) is 0. The molecule has 2 aromatic rings. The van der Waals surface area contributed by atoms with Crippen molar-refractivity contribution in [2.75, 3.05) is 5.32 Å². The Balaban J connectivity index is 2.09. The van der Waals surface area contributed by atoms with Crippen LogP contribution in [0.5, 0.6) is 0 Å². The summed E-state index contributed by atoms with van der Waals surface area (Å²) in [6, 6.07) is 8.07. The second kappa shape index (κ2) is 5.19. The van der Waals surface area contributed by atoms with Crippen molar-refractivity contribution in [3.05, 3.63) is 58.4 Å². The third-order valence-corrected chi connectivity index (χ3v) is 2.87. The summed E-state index contributed by atoms with van der Waals surface area (Å²) in [4.78, 5) is 4.16. The van der Waals surface area contributed by atoms with Gasteiger partial charge < -0.3 is 5.32 Å². The van der Waals surface area contributed by atoms with Crippen LogP contribution in [0.4, 0.5) is 5.69 Å². The van der Waals surface area contributed by atoms with E-state index in [2.05, 4.69) is 23.3 Å². The molecule has 0 amide bonds. The van der Waals surface area contributed by atoms with E-state index in [1.165, 1.54) is 11.1 Å². The lowest BCUT2D eigenvalue weighted by atomic mass is 10.2. The molecule has 0 saturated carbocycles. The monoisotopic (exact) mass is 246 g/mol. The number of hydrogen-bond acceptors (Lipinski definition) is 2. The average molecular weight is 247 g/mol. The summed E-state index contributed by atoms with van der Waals surface area (Å²) in [5.41, 5.74) is 4.48. The van der Waals surface area contributed by atoms with Crippen LogP contribution in [-0.2, 0) is 6.54 Å². The van der Waals surface area contributed by atoms with Crippen LogP contribution in [0.15, 0.2) is 36.7 Å². The maximum absolute atomic E-state index is 6.12. The molecule has 2 nitrogen and oxygen atoms in total. The predicted molar refractivity (Wildman–Crippen MR) is 72.5 cm³/mol. The van der Waals surface area contributed by atoms with Crippen molar-refractivity contribution in [3.8, 4) is 0 Å². The summed E-state index contributed by atoms with van der Waals surface area (Å²) in [5, 5.41) is 4.07. The quantitative estimate of drug-likeness (QED) is 0.887. The Morgan fingerprint density at radius 3 is 2.71 bits per heavy atom. The van der Waals surface area contributed by atoms with Crippen LogP contribution >= 0.6 is 11.6 Å². The SMILES string of the molecule is Cc1cncc(CNc2cc(C)ccc2Cl)c1. The van der Waals surface area contributed by atoms with Crippen molar-refractivity contribution >= 4 is 17.3 Å². The van der Waals surface area contributed by atoms with E-state index in [9.17, 15) is 0 Å². The Labute approximate surface area is 107 Å². The Hall–Kier alpha value is -1.54. The van der Waals surface area contributed by atoms with Gasteiger partial charge >= 0.3 is 0 Å². The molecule has 17 heavy (non-hydrogen) atoms. The van der Waals surface area contributed by atoms with Gasteiger partial charge in [-0.05, 0) is 42.7 Å². The van der Waals surface area contributed by atoms with Crippen molar-refractivity contribution in [3.63, 3.8) is 0 Å². The highest BCUT2D eigenvalue weighted by Crippen LogP contribution is 2.23. The Morgan fingerprint density at radius 1 is 1.12 bits per heavy atom. The van der Waals surface area contributed by atoms with Gasteiger partial charge in [-0.3, -0.25) is 4.98 Å². The molecule has 1 N–H and O–H groups in total. The maximum Gasteiger partial charge on any atom is 0.0637 e. The minimum Gasteiger partial charge on any atom is -0.380 e. The molecule has 0 spiro atoms. The number of nitrogens with one attached hydrogen (secondary N) is 1. The highest BCUT2D eigenvalue weighted by Gasteiger charge is 2.00. The average Bonchev–Trinajstić information content (AvgIpc) is 2.30. The van der Waals surface area contributed by atoms with Crippen LogP contribution in [0.1, 0.15) is 16.7 Å². The standard InChI is InChI=1S/C14H15ClN2/c1-10-3-4-13(15)14(6-10)17-9-12-5-11(2)7-16-8-12/h3-8,17H,9H2,1-2H3. The number of benzene rings is 1. The fraction of sp³-hybridized carbons (Fsp3) is 0.214. The molecule has 3 heteroatoms. The second-order valence-corrected chi connectivity index (χ2v) is 4.61. The molecule has 0 aliphatic carbocycles. The lowest BCUT2D eigenvalue weighted by molar-refractivity contribution is 1.10. The number of halogens is 1. The normalized spacial score (nSPS) is 10.3. The van der Waals surface area contributed by atoms with Gasteiger partial charge in [0, 0.05) is 18.9 Å². The summed E-state index contributed by atoms with van der Waals surface area (Å²) < 4.78 is 0. The zero-order valence-electron chi connectivity index (χ0n) is 10.00. The van der Waals surface area contributed by atoms with E-state index in [1.54, 1.807) is 0 Å². The van der Waals surface area contributed by atoms with E-state index >= 15 is 0 Å². The Kier molecular flexibility index (Phi) is 3.64.